The number of aromatic nitrogens is 2. The molecule has 0 aliphatic rings. The van der Waals surface area contributed by atoms with Gasteiger partial charge >= 0.3 is 0 Å². The zero-order chi connectivity index (χ0) is 12.2. The molecule has 92 valence electrons. The van der Waals surface area contributed by atoms with Crippen molar-refractivity contribution in [2.75, 3.05) is 12.3 Å². The molecule has 1 N–H and O–H groups in total. The minimum Gasteiger partial charge on any atom is -0.312 e. The van der Waals surface area contributed by atoms with E-state index in [1.54, 1.807) is 23.1 Å². The van der Waals surface area contributed by atoms with Gasteiger partial charge in [-0.2, -0.15) is 0 Å². The number of aryl methyl sites for hydroxylation is 1. The Morgan fingerprint density at radius 2 is 2.06 bits per heavy atom. The van der Waals surface area contributed by atoms with Crippen molar-refractivity contribution in [2.24, 2.45) is 5.92 Å². The van der Waals surface area contributed by atoms with Crippen LogP contribution in [0.2, 0.25) is 0 Å². The molecule has 0 amide bonds. The fourth-order valence-corrected chi connectivity index (χ4v) is 2.95. The fraction of sp³-hybridized carbons (Fsp3) is 0.818. The lowest BCUT2D eigenvalue weighted by Gasteiger charge is -2.23. The van der Waals surface area contributed by atoms with Crippen molar-refractivity contribution in [2.45, 2.75) is 44.5 Å². The number of rotatable bonds is 5. The summed E-state index contributed by atoms with van der Waals surface area (Å²) in [5.41, 5.74) is 0.207. The van der Waals surface area contributed by atoms with Crippen LogP contribution in [-0.2, 0) is 0 Å². The van der Waals surface area contributed by atoms with Crippen molar-refractivity contribution in [3.05, 3.63) is 5.01 Å². The van der Waals surface area contributed by atoms with Gasteiger partial charge in [0, 0.05) is 11.3 Å². The molecule has 0 spiro atoms. The van der Waals surface area contributed by atoms with Gasteiger partial charge in [0.1, 0.15) is 5.01 Å². The number of nitrogens with zero attached hydrogens (tertiary/aromatic N) is 2. The monoisotopic (exact) mass is 259 g/mol. The largest absolute Gasteiger partial charge is 0.312 e. The van der Waals surface area contributed by atoms with E-state index < -0.39 is 0 Å². The van der Waals surface area contributed by atoms with Gasteiger partial charge in [-0.15, -0.1) is 10.2 Å². The van der Waals surface area contributed by atoms with Crippen LogP contribution in [0, 0.1) is 12.8 Å². The van der Waals surface area contributed by atoms with Gasteiger partial charge in [0.05, 0.1) is 0 Å². The first-order chi connectivity index (χ1) is 7.37. The lowest BCUT2D eigenvalue weighted by molar-refractivity contribution is 0.395. The van der Waals surface area contributed by atoms with Crippen molar-refractivity contribution in [1.29, 1.82) is 0 Å². The highest BCUT2D eigenvalue weighted by Crippen LogP contribution is 2.23. The van der Waals surface area contributed by atoms with Crippen molar-refractivity contribution in [3.63, 3.8) is 0 Å². The van der Waals surface area contributed by atoms with E-state index in [1.807, 2.05) is 6.92 Å². The molecule has 0 aromatic carbocycles. The van der Waals surface area contributed by atoms with Crippen LogP contribution in [0.15, 0.2) is 4.34 Å². The molecule has 0 radical (unpaired) electrons. The Morgan fingerprint density at radius 3 is 2.56 bits per heavy atom. The van der Waals surface area contributed by atoms with Gasteiger partial charge in [0.2, 0.25) is 0 Å². The Bertz CT molecular complexity index is 317. The van der Waals surface area contributed by atoms with Crippen LogP contribution in [0.4, 0.5) is 0 Å². The molecule has 0 bridgehead atoms. The van der Waals surface area contributed by atoms with E-state index in [-0.39, 0.29) is 5.54 Å². The molecule has 1 aromatic heterocycles. The van der Waals surface area contributed by atoms with Crippen LogP contribution in [0.5, 0.6) is 0 Å². The van der Waals surface area contributed by atoms with Crippen LogP contribution >= 0.6 is 23.1 Å². The third-order valence-electron chi connectivity index (χ3n) is 1.98. The molecule has 0 aliphatic carbocycles. The Balaban J connectivity index is 2.22. The number of thioether (sulfide) groups is 1. The predicted molar refractivity (Wildman–Crippen MR) is 72.3 cm³/mol. The molecule has 1 unspecified atom stereocenters. The van der Waals surface area contributed by atoms with Gasteiger partial charge in [0.25, 0.3) is 0 Å². The third-order valence-corrected chi connectivity index (χ3v) is 4.28. The van der Waals surface area contributed by atoms with E-state index in [0.717, 1.165) is 21.6 Å². The first-order valence-corrected chi connectivity index (χ1v) is 7.35. The van der Waals surface area contributed by atoms with Crippen LogP contribution in [0.1, 0.15) is 32.7 Å². The third kappa shape index (κ3) is 5.82. The molecule has 0 saturated heterocycles. The summed E-state index contributed by atoms with van der Waals surface area (Å²) in [6.45, 7) is 11.9. The first-order valence-electron chi connectivity index (χ1n) is 5.55. The van der Waals surface area contributed by atoms with E-state index in [1.165, 1.54) is 0 Å². The molecule has 1 heterocycles. The summed E-state index contributed by atoms with van der Waals surface area (Å²) in [6, 6.07) is 0. The maximum atomic E-state index is 4.11. The maximum Gasteiger partial charge on any atom is 0.174 e. The summed E-state index contributed by atoms with van der Waals surface area (Å²) in [7, 11) is 0. The van der Waals surface area contributed by atoms with E-state index in [4.69, 9.17) is 0 Å². The highest BCUT2D eigenvalue weighted by molar-refractivity contribution is 8.01. The second kappa shape index (κ2) is 5.98. The predicted octanol–water partition coefficient (Wildman–Crippen LogP) is 2.96. The Hall–Kier alpha value is -0.130. The fourth-order valence-electron chi connectivity index (χ4n) is 1.09. The molecule has 1 aromatic rings. The Labute approximate surface area is 106 Å². The number of hydrogen-bond acceptors (Lipinski definition) is 5. The summed E-state index contributed by atoms with van der Waals surface area (Å²) in [5.74, 6) is 1.74. The van der Waals surface area contributed by atoms with E-state index in [2.05, 4.69) is 43.2 Å². The summed E-state index contributed by atoms with van der Waals surface area (Å²) in [6.07, 6.45) is 0. The molecule has 3 nitrogen and oxygen atoms in total. The minimum atomic E-state index is 0.207. The Morgan fingerprint density at radius 1 is 1.38 bits per heavy atom. The summed E-state index contributed by atoms with van der Waals surface area (Å²) in [4.78, 5) is 0. The number of hydrogen-bond donors (Lipinski definition) is 1. The summed E-state index contributed by atoms with van der Waals surface area (Å²) in [5, 5.41) is 12.7. The van der Waals surface area contributed by atoms with Crippen molar-refractivity contribution in [3.8, 4) is 0 Å². The summed E-state index contributed by atoms with van der Waals surface area (Å²) < 4.78 is 1.08. The second-order valence-electron chi connectivity index (χ2n) is 5.13. The highest BCUT2D eigenvalue weighted by atomic mass is 32.2. The molecule has 1 atom stereocenters. The van der Waals surface area contributed by atoms with Gasteiger partial charge < -0.3 is 5.32 Å². The normalized spacial score (nSPS) is 14.1. The summed E-state index contributed by atoms with van der Waals surface area (Å²) >= 11 is 3.48. The average molecular weight is 259 g/mol. The van der Waals surface area contributed by atoms with Gasteiger partial charge in [-0.05, 0) is 40.2 Å². The lowest BCUT2D eigenvalue weighted by Crippen LogP contribution is -2.39. The molecule has 5 heteroatoms. The molecule has 1 rings (SSSR count). The van der Waals surface area contributed by atoms with Gasteiger partial charge in [-0.1, -0.05) is 30.0 Å². The van der Waals surface area contributed by atoms with Crippen LogP contribution in [0.25, 0.3) is 0 Å². The van der Waals surface area contributed by atoms with E-state index in [9.17, 15) is 0 Å². The zero-order valence-electron chi connectivity index (χ0n) is 10.7. The van der Waals surface area contributed by atoms with Crippen LogP contribution in [-0.4, -0.2) is 28.0 Å². The molecular weight excluding hydrogens is 238 g/mol. The van der Waals surface area contributed by atoms with Gasteiger partial charge in [-0.3, -0.25) is 0 Å². The minimum absolute atomic E-state index is 0.207. The smallest absolute Gasteiger partial charge is 0.174 e. The molecule has 0 aliphatic heterocycles. The standard InChI is InChI=1S/C11H21N3S2/c1-8(6-12-11(3,4)5)7-15-10-14-13-9(2)16-10/h8,12H,6-7H2,1-5H3. The Kier molecular flexibility index (Phi) is 5.21. The van der Waals surface area contributed by atoms with Crippen molar-refractivity contribution in [1.82, 2.24) is 15.5 Å². The van der Waals surface area contributed by atoms with E-state index >= 15 is 0 Å². The van der Waals surface area contributed by atoms with Crippen LogP contribution in [0.3, 0.4) is 0 Å². The molecule has 0 fully saturated rings. The zero-order valence-corrected chi connectivity index (χ0v) is 12.3. The van der Waals surface area contributed by atoms with Crippen LogP contribution < -0.4 is 5.32 Å². The topological polar surface area (TPSA) is 37.8 Å². The molecule has 16 heavy (non-hydrogen) atoms. The quantitative estimate of drug-likeness (QED) is 0.825. The molecule has 0 saturated carbocycles. The number of nitrogens with one attached hydrogen (secondary N) is 1. The SMILES string of the molecule is Cc1nnc(SCC(C)CNC(C)(C)C)s1. The average Bonchev–Trinajstić information content (AvgIpc) is 2.57. The second-order valence-corrected chi connectivity index (χ2v) is 7.58. The van der Waals surface area contributed by atoms with E-state index in [0.29, 0.717) is 5.92 Å². The molecular formula is C11H21N3S2. The first kappa shape index (κ1) is 13.9. The van der Waals surface area contributed by atoms with Crippen molar-refractivity contribution >= 4 is 23.1 Å². The lowest BCUT2D eigenvalue weighted by atomic mass is 10.1. The highest BCUT2D eigenvalue weighted by Gasteiger charge is 2.12. The van der Waals surface area contributed by atoms with Gasteiger partial charge in [0.15, 0.2) is 4.34 Å². The van der Waals surface area contributed by atoms with Crippen molar-refractivity contribution < 1.29 is 0 Å². The maximum absolute atomic E-state index is 4.11. The van der Waals surface area contributed by atoms with Gasteiger partial charge in [-0.25, -0.2) is 0 Å².